The monoisotopic (exact) mass is 747 g/mol. The number of carbonyl (C=O) groups excluding carboxylic acids is 2. The van der Waals surface area contributed by atoms with Gasteiger partial charge in [-0.25, -0.2) is 14.8 Å². The van der Waals surface area contributed by atoms with Gasteiger partial charge in [0.15, 0.2) is 0 Å². The van der Waals surface area contributed by atoms with Crippen molar-refractivity contribution in [2.75, 3.05) is 86.5 Å². The number of rotatable bonds is 12. The zero-order valence-corrected chi connectivity index (χ0v) is 30.7. The minimum absolute atomic E-state index is 0.0581. The molecule has 3 amide bonds. The lowest BCUT2D eigenvalue weighted by Crippen LogP contribution is -2.48. The number of nitrogens with zero attached hydrogens (tertiary/aromatic N) is 7. The van der Waals surface area contributed by atoms with E-state index >= 15 is 0 Å². The van der Waals surface area contributed by atoms with E-state index in [0.717, 1.165) is 24.3 Å². The Hall–Kier alpha value is -5.15. The van der Waals surface area contributed by atoms with Crippen LogP contribution in [0.5, 0.6) is 11.5 Å². The summed E-state index contributed by atoms with van der Waals surface area (Å²) in [6.07, 6.45) is 6.70. The summed E-state index contributed by atoms with van der Waals surface area (Å²) in [6.45, 7) is 3.71. The number of halogens is 2. The first-order valence-electron chi connectivity index (χ1n) is 16.5. The highest BCUT2D eigenvalue weighted by molar-refractivity contribution is 6.42. The first-order chi connectivity index (χ1) is 25.1. The third-order valence-corrected chi connectivity index (χ3v) is 9.08. The molecule has 52 heavy (non-hydrogen) atoms. The molecule has 1 fully saturated rings. The maximum atomic E-state index is 14.6. The molecule has 1 saturated heterocycles. The van der Waals surface area contributed by atoms with Crippen LogP contribution in [-0.4, -0.2) is 93.0 Å². The summed E-state index contributed by atoms with van der Waals surface area (Å²) in [5.74, 6) is 1.48. The third kappa shape index (κ3) is 8.31. The van der Waals surface area contributed by atoms with Crippen LogP contribution in [0.2, 0.25) is 10.0 Å². The molecule has 2 aliphatic heterocycles. The van der Waals surface area contributed by atoms with E-state index in [9.17, 15) is 9.59 Å². The molecule has 2 N–H and O–H groups in total. The molecule has 0 aliphatic carbocycles. The number of urea groups is 1. The number of ether oxygens (including phenoxy) is 3. The number of hydrogen-bond acceptors (Lipinski definition) is 11. The van der Waals surface area contributed by atoms with Crippen LogP contribution in [-0.2, 0) is 22.6 Å². The number of morpholine rings is 1. The molecular formula is C36H39Cl2N9O5. The van der Waals surface area contributed by atoms with Crippen LogP contribution in [0.25, 0.3) is 0 Å². The Morgan fingerprint density at radius 2 is 1.77 bits per heavy atom. The van der Waals surface area contributed by atoms with Crippen molar-refractivity contribution in [1.29, 1.82) is 0 Å². The zero-order chi connectivity index (χ0) is 36.8. The molecule has 16 heteroatoms. The Morgan fingerprint density at radius 1 is 1.02 bits per heavy atom. The highest BCUT2D eigenvalue weighted by Crippen LogP contribution is 2.48. The smallest absolute Gasteiger partial charge is 0.330 e. The topological polar surface area (TPSA) is 138 Å². The number of nitrogens with one attached hydrogen (secondary N) is 2. The van der Waals surface area contributed by atoms with Crippen LogP contribution in [0, 0.1) is 0 Å². The number of amides is 3. The number of benzene rings is 2. The zero-order valence-electron chi connectivity index (χ0n) is 29.2. The predicted molar refractivity (Wildman–Crippen MR) is 203 cm³/mol. The summed E-state index contributed by atoms with van der Waals surface area (Å²) in [6, 6.07) is 12.2. The molecule has 14 nitrogen and oxygen atoms in total. The number of fused-ring (bicyclic) bond motifs is 1. The molecular weight excluding hydrogens is 709 g/mol. The Labute approximate surface area is 311 Å². The van der Waals surface area contributed by atoms with Crippen LogP contribution in [0.15, 0.2) is 67.0 Å². The van der Waals surface area contributed by atoms with Gasteiger partial charge in [-0.3, -0.25) is 14.6 Å². The predicted octanol–water partition coefficient (Wildman–Crippen LogP) is 5.98. The molecule has 0 radical (unpaired) electrons. The second kappa shape index (κ2) is 16.5. The van der Waals surface area contributed by atoms with Gasteiger partial charge < -0.3 is 34.6 Å². The quantitative estimate of drug-likeness (QED) is 0.166. The van der Waals surface area contributed by atoms with E-state index in [1.807, 2.05) is 37.2 Å². The number of aromatic nitrogens is 3. The largest absolute Gasteiger partial charge is 0.495 e. The number of carbonyl (C=O) groups is 2. The van der Waals surface area contributed by atoms with E-state index in [1.165, 1.54) is 30.1 Å². The van der Waals surface area contributed by atoms with Crippen molar-refractivity contribution < 1.29 is 23.8 Å². The minimum atomic E-state index is -0.453. The van der Waals surface area contributed by atoms with Gasteiger partial charge in [-0.15, -0.1) is 0 Å². The molecule has 0 saturated carbocycles. The van der Waals surface area contributed by atoms with Crippen molar-refractivity contribution in [3.63, 3.8) is 0 Å². The Kier molecular flexibility index (Phi) is 11.6. The van der Waals surface area contributed by atoms with Crippen molar-refractivity contribution in [2.24, 2.45) is 0 Å². The second-order valence-electron chi connectivity index (χ2n) is 12.2. The van der Waals surface area contributed by atoms with E-state index in [2.05, 4.69) is 25.5 Å². The molecule has 272 valence electrons. The number of anilines is 6. The molecule has 6 rings (SSSR count). The van der Waals surface area contributed by atoms with E-state index in [4.69, 9.17) is 42.4 Å². The van der Waals surface area contributed by atoms with Crippen molar-refractivity contribution in [2.45, 2.75) is 13.1 Å². The molecule has 0 atom stereocenters. The molecule has 2 aromatic heterocycles. The number of methoxy groups -OCH3 is 2. The molecule has 0 unspecified atom stereocenters. The van der Waals surface area contributed by atoms with Crippen LogP contribution in [0.3, 0.4) is 0 Å². The average Bonchev–Trinajstić information content (AvgIpc) is 3.14. The van der Waals surface area contributed by atoms with E-state index < -0.39 is 6.03 Å². The summed E-state index contributed by atoms with van der Waals surface area (Å²) in [5.41, 5.74) is 3.14. The van der Waals surface area contributed by atoms with Crippen LogP contribution >= 0.6 is 23.2 Å². The van der Waals surface area contributed by atoms with Gasteiger partial charge >= 0.3 is 6.03 Å². The molecule has 2 aliphatic rings. The lowest BCUT2D eigenvalue weighted by molar-refractivity contribution is -0.111. The Balaban J connectivity index is 1.33. The summed E-state index contributed by atoms with van der Waals surface area (Å²) in [4.78, 5) is 48.2. The van der Waals surface area contributed by atoms with Gasteiger partial charge in [-0.05, 0) is 43.9 Å². The average molecular weight is 749 g/mol. The Morgan fingerprint density at radius 3 is 2.44 bits per heavy atom. The van der Waals surface area contributed by atoms with Crippen molar-refractivity contribution in [1.82, 2.24) is 19.9 Å². The van der Waals surface area contributed by atoms with Crippen LogP contribution in [0.1, 0.15) is 11.1 Å². The molecule has 0 bridgehead atoms. The maximum Gasteiger partial charge on any atom is 0.330 e. The van der Waals surface area contributed by atoms with Crippen molar-refractivity contribution >= 4 is 69.8 Å². The van der Waals surface area contributed by atoms with E-state index in [-0.39, 0.29) is 52.2 Å². The highest BCUT2D eigenvalue weighted by atomic mass is 35.5. The van der Waals surface area contributed by atoms with Gasteiger partial charge in [0.25, 0.3) is 0 Å². The summed E-state index contributed by atoms with van der Waals surface area (Å²) < 4.78 is 16.4. The number of pyridine rings is 1. The fraction of sp³-hybridized carbons (Fsp3) is 0.306. The fourth-order valence-electron chi connectivity index (χ4n) is 5.77. The maximum absolute atomic E-state index is 14.6. The number of hydrogen-bond donors (Lipinski definition) is 2. The minimum Gasteiger partial charge on any atom is -0.495 e. The normalized spacial score (nSPS) is 14.5. The summed E-state index contributed by atoms with van der Waals surface area (Å²) in [7, 11) is 6.78. The van der Waals surface area contributed by atoms with Gasteiger partial charge in [0.2, 0.25) is 11.9 Å². The lowest BCUT2D eigenvalue weighted by Gasteiger charge is -2.37. The molecule has 2 aromatic carbocycles. The van der Waals surface area contributed by atoms with Crippen LogP contribution < -0.4 is 34.8 Å². The molecule has 0 spiro atoms. The van der Waals surface area contributed by atoms with Gasteiger partial charge in [-0.2, -0.15) is 4.98 Å². The highest BCUT2D eigenvalue weighted by Gasteiger charge is 2.37. The van der Waals surface area contributed by atoms with Gasteiger partial charge in [0.05, 0.1) is 58.1 Å². The summed E-state index contributed by atoms with van der Waals surface area (Å²) in [5, 5.41) is 6.34. The molecule has 4 aromatic rings. The van der Waals surface area contributed by atoms with E-state index in [0.29, 0.717) is 42.6 Å². The first-order valence-corrected chi connectivity index (χ1v) is 17.2. The van der Waals surface area contributed by atoms with Crippen molar-refractivity contribution in [3.8, 4) is 11.5 Å². The van der Waals surface area contributed by atoms with Gasteiger partial charge in [-0.1, -0.05) is 41.4 Å². The standard InChI is InChI=1S/C36H39Cl2N9O5/c1-44(2)12-6-9-30(48)41-25-8-5-7-23(17-25)21-47-34-24(22-46(36(47)49)33-31(37)27(50-3)18-28(51-4)32(33)38)19-40-35(43-34)42-29-11-10-26(20-39-29)45-13-15-52-16-14-45/h5-11,17-20H,12-16,21-22H2,1-4H3,(H,41,48)(H,39,40,42,43)/b9-6+. The summed E-state index contributed by atoms with van der Waals surface area (Å²) >= 11 is 13.6. The van der Waals surface area contributed by atoms with Crippen LogP contribution in [0.4, 0.5) is 39.4 Å². The van der Waals surface area contributed by atoms with Gasteiger partial charge in [0.1, 0.15) is 33.2 Å². The lowest BCUT2D eigenvalue weighted by atomic mass is 10.1. The van der Waals surface area contributed by atoms with Gasteiger partial charge in [0, 0.05) is 49.2 Å². The Bertz CT molecular complexity index is 1930. The third-order valence-electron chi connectivity index (χ3n) is 8.35. The SMILES string of the molecule is COc1cc(OC)c(Cl)c(N2Cc3cnc(Nc4ccc(N5CCOCC5)cn4)nc3N(Cc3cccc(NC(=O)/C=C/CN(C)C)c3)C2=O)c1Cl. The fourth-order valence-corrected chi connectivity index (χ4v) is 6.48. The second-order valence-corrected chi connectivity index (χ2v) is 13.0. The van der Waals surface area contributed by atoms with E-state index in [1.54, 1.807) is 42.7 Å². The first kappa shape index (κ1) is 36.6. The van der Waals surface area contributed by atoms with Crippen molar-refractivity contribution in [3.05, 3.63) is 88.2 Å². The molecule has 4 heterocycles. The number of likely N-dealkylation sites (N-methyl/N-ethyl adjacent to an activating group) is 1.